The van der Waals surface area contributed by atoms with Gasteiger partial charge < -0.3 is 10.5 Å². The van der Waals surface area contributed by atoms with Crippen LogP contribution in [0.4, 0.5) is 4.39 Å². The van der Waals surface area contributed by atoms with Gasteiger partial charge in [0.2, 0.25) is 0 Å². The van der Waals surface area contributed by atoms with E-state index in [0.717, 1.165) is 5.56 Å². The molecule has 0 aliphatic heterocycles. The summed E-state index contributed by atoms with van der Waals surface area (Å²) in [4.78, 5) is 12.2. The third-order valence-electron chi connectivity index (χ3n) is 3.13. The second kappa shape index (κ2) is 6.28. The molecule has 0 aliphatic carbocycles. The molecule has 2 aromatic carbocycles. The Morgan fingerprint density at radius 2 is 1.82 bits per heavy atom. The highest BCUT2D eigenvalue weighted by Crippen LogP contribution is 2.28. The van der Waals surface area contributed by atoms with Gasteiger partial charge in [-0.05, 0) is 50.1 Å². The van der Waals surface area contributed by atoms with Crippen LogP contribution in [0.2, 0.25) is 0 Å². The summed E-state index contributed by atoms with van der Waals surface area (Å²) in [7, 11) is 0. The summed E-state index contributed by atoms with van der Waals surface area (Å²) in [5, 5.41) is 0. The number of esters is 1. The molecule has 0 bridgehead atoms. The van der Waals surface area contributed by atoms with Crippen molar-refractivity contribution in [1.82, 2.24) is 0 Å². The largest absolute Gasteiger partial charge is 0.456 e. The molecular formula is C18H20FNO2. The number of benzene rings is 2. The average molecular weight is 301 g/mol. The molecule has 2 aromatic rings. The van der Waals surface area contributed by atoms with Crippen molar-refractivity contribution in [2.75, 3.05) is 0 Å². The lowest BCUT2D eigenvalue weighted by Crippen LogP contribution is -2.24. The van der Waals surface area contributed by atoms with Crippen molar-refractivity contribution in [3.8, 4) is 11.1 Å². The fourth-order valence-electron chi connectivity index (χ4n) is 2.15. The zero-order chi connectivity index (χ0) is 16.3. The van der Waals surface area contributed by atoms with Crippen LogP contribution >= 0.6 is 0 Å². The predicted octanol–water partition coefficient (Wildman–Crippen LogP) is 3.91. The number of hydrogen-bond acceptors (Lipinski definition) is 3. The monoisotopic (exact) mass is 301 g/mol. The molecule has 0 fully saturated rings. The number of hydrogen-bond donors (Lipinski definition) is 1. The van der Waals surface area contributed by atoms with E-state index in [4.69, 9.17) is 10.5 Å². The standard InChI is InChI=1S/C18H20FNO2/c1-18(2,3)22-17(21)12-8-9-13(11-20)15(10-12)14-6-4-5-7-16(14)19/h4-10H,11,20H2,1-3H3. The second-order valence-electron chi connectivity index (χ2n) is 6.06. The summed E-state index contributed by atoms with van der Waals surface area (Å²) in [6, 6.07) is 11.5. The van der Waals surface area contributed by atoms with Crippen molar-refractivity contribution in [3.05, 3.63) is 59.4 Å². The van der Waals surface area contributed by atoms with Crippen LogP contribution < -0.4 is 5.73 Å². The van der Waals surface area contributed by atoms with Crippen LogP contribution in [0.5, 0.6) is 0 Å². The topological polar surface area (TPSA) is 52.3 Å². The zero-order valence-corrected chi connectivity index (χ0v) is 13.0. The first-order chi connectivity index (χ1) is 10.3. The maximum Gasteiger partial charge on any atom is 0.338 e. The van der Waals surface area contributed by atoms with Crippen molar-refractivity contribution in [3.63, 3.8) is 0 Å². The van der Waals surface area contributed by atoms with E-state index in [9.17, 15) is 9.18 Å². The lowest BCUT2D eigenvalue weighted by Gasteiger charge is -2.20. The molecule has 2 N–H and O–H groups in total. The minimum atomic E-state index is -0.582. The van der Waals surface area contributed by atoms with Crippen LogP contribution in [0, 0.1) is 5.82 Å². The Bertz CT molecular complexity index is 690. The Morgan fingerprint density at radius 3 is 2.41 bits per heavy atom. The van der Waals surface area contributed by atoms with Gasteiger partial charge in [-0.2, -0.15) is 0 Å². The number of nitrogens with two attached hydrogens (primary N) is 1. The van der Waals surface area contributed by atoms with E-state index in [1.54, 1.807) is 57.2 Å². The second-order valence-corrected chi connectivity index (χ2v) is 6.06. The van der Waals surface area contributed by atoms with Crippen LogP contribution in [-0.2, 0) is 11.3 Å². The number of rotatable bonds is 3. The van der Waals surface area contributed by atoms with Crippen LogP contribution in [0.25, 0.3) is 11.1 Å². The predicted molar refractivity (Wildman–Crippen MR) is 84.9 cm³/mol. The molecule has 116 valence electrons. The van der Waals surface area contributed by atoms with Crippen molar-refractivity contribution in [2.45, 2.75) is 32.9 Å². The number of carbonyl (C=O) groups excluding carboxylic acids is 1. The lowest BCUT2D eigenvalue weighted by atomic mass is 9.96. The first-order valence-corrected chi connectivity index (χ1v) is 7.13. The van der Waals surface area contributed by atoms with Crippen molar-refractivity contribution < 1.29 is 13.9 Å². The Morgan fingerprint density at radius 1 is 1.14 bits per heavy atom. The highest BCUT2D eigenvalue weighted by atomic mass is 19.1. The van der Waals surface area contributed by atoms with E-state index >= 15 is 0 Å². The molecule has 0 heterocycles. The van der Waals surface area contributed by atoms with Gasteiger partial charge >= 0.3 is 5.97 Å². The van der Waals surface area contributed by atoms with E-state index in [1.807, 2.05) is 0 Å². The summed E-state index contributed by atoms with van der Waals surface area (Å²) in [6.45, 7) is 5.67. The molecule has 0 amide bonds. The van der Waals surface area contributed by atoms with Gasteiger partial charge in [-0.25, -0.2) is 9.18 Å². The van der Waals surface area contributed by atoms with Crippen LogP contribution in [0.3, 0.4) is 0 Å². The van der Waals surface area contributed by atoms with E-state index < -0.39 is 11.6 Å². The van der Waals surface area contributed by atoms with Gasteiger partial charge in [-0.15, -0.1) is 0 Å². The molecule has 0 saturated heterocycles. The number of halogens is 1. The molecule has 0 saturated carbocycles. The van der Waals surface area contributed by atoms with Crippen molar-refractivity contribution in [2.24, 2.45) is 5.73 Å². The summed E-state index contributed by atoms with van der Waals surface area (Å²) in [6.07, 6.45) is 0. The van der Waals surface area contributed by atoms with Gasteiger partial charge in [0.25, 0.3) is 0 Å². The average Bonchev–Trinajstić information content (AvgIpc) is 2.45. The molecule has 2 rings (SSSR count). The maximum atomic E-state index is 14.0. The molecule has 0 aromatic heterocycles. The molecule has 0 spiro atoms. The summed E-state index contributed by atoms with van der Waals surface area (Å²) < 4.78 is 19.4. The van der Waals surface area contributed by atoms with Gasteiger partial charge in [0.1, 0.15) is 11.4 Å². The third kappa shape index (κ3) is 3.71. The normalized spacial score (nSPS) is 11.3. The Balaban J connectivity index is 2.48. The van der Waals surface area contributed by atoms with Gasteiger partial charge in [-0.1, -0.05) is 24.3 Å². The Hall–Kier alpha value is -2.20. The minimum absolute atomic E-state index is 0.262. The smallest absolute Gasteiger partial charge is 0.338 e. The van der Waals surface area contributed by atoms with E-state index in [0.29, 0.717) is 16.7 Å². The van der Waals surface area contributed by atoms with Crippen LogP contribution in [-0.4, -0.2) is 11.6 Å². The molecule has 0 aliphatic rings. The SMILES string of the molecule is CC(C)(C)OC(=O)c1ccc(CN)c(-c2ccccc2F)c1. The van der Waals surface area contributed by atoms with E-state index in [1.165, 1.54) is 6.07 Å². The Labute approximate surface area is 129 Å². The fourth-order valence-corrected chi connectivity index (χ4v) is 2.15. The van der Waals surface area contributed by atoms with Gasteiger partial charge in [0.15, 0.2) is 0 Å². The highest BCUT2D eigenvalue weighted by molar-refractivity contribution is 5.91. The number of ether oxygens (including phenoxy) is 1. The maximum absolute atomic E-state index is 14.0. The molecule has 0 atom stereocenters. The summed E-state index contributed by atoms with van der Waals surface area (Å²) >= 11 is 0. The first kappa shape index (κ1) is 16.2. The molecule has 22 heavy (non-hydrogen) atoms. The molecule has 0 radical (unpaired) electrons. The highest BCUT2D eigenvalue weighted by Gasteiger charge is 2.19. The van der Waals surface area contributed by atoms with E-state index in [2.05, 4.69) is 0 Å². The van der Waals surface area contributed by atoms with Gasteiger partial charge in [0, 0.05) is 12.1 Å². The molecular weight excluding hydrogens is 281 g/mol. The summed E-state index contributed by atoms with van der Waals surface area (Å²) in [5.74, 6) is -0.785. The van der Waals surface area contributed by atoms with Crippen LogP contribution in [0.1, 0.15) is 36.7 Å². The number of carbonyl (C=O) groups is 1. The van der Waals surface area contributed by atoms with Gasteiger partial charge in [-0.3, -0.25) is 0 Å². The fraction of sp³-hybridized carbons (Fsp3) is 0.278. The molecule has 0 unspecified atom stereocenters. The lowest BCUT2D eigenvalue weighted by molar-refractivity contribution is 0.00695. The third-order valence-corrected chi connectivity index (χ3v) is 3.13. The first-order valence-electron chi connectivity index (χ1n) is 7.13. The van der Waals surface area contributed by atoms with Crippen molar-refractivity contribution in [1.29, 1.82) is 0 Å². The molecule has 4 heteroatoms. The van der Waals surface area contributed by atoms with E-state index in [-0.39, 0.29) is 12.4 Å². The van der Waals surface area contributed by atoms with Gasteiger partial charge in [0.05, 0.1) is 5.56 Å². The Kier molecular flexibility index (Phi) is 4.62. The quantitative estimate of drug-likeness (QED) is 0.875. The molecule has 3 nitrogen and oxygen atoms in total. The zero-order valence-electron chi connectivity index (χ0n) is 13.0. The van der Waals surface area contributed by atoms with Crippen molar-refractivity contribution >= 4 is 5.97 Å². The van der Waals surface area contributed by atoms with Crippen LogP contribution in [0.15, 0.2) is 42.5 Å². The minimum Gasteiger partial charge on any atom is -0.456 e. The summed E-state index contributed by atoms with van der Waals surface area (Å²) in [5.41, 5.74) is 7.34.